The number of allylic oxidation sites excluding steroid dienone is 4. The van der Waals surface area contributed by atoms with Crippen LogP contribution < -0.4 is 5.32 Å². The van der Waals surface area contributed by atoms with Crippen LogP contribution in [-0.2, 0) is 5.41 Å². The highest BCUT2D eigenvalue weighted by Crippen LogP contribution is 2.55. The number of nitrogens with zero attached hydrogens (tertiary/aromatic N) is 1. The summed E-state index contributed by atoms with van der Waals surface area (Å²) in [5.74, 6) is 0.659. The summed E-state index contributed by atoms with van der Waals surface area (Å²) < 4.78 is 2.45. The third-order valence-electron chi connectivity index (χ3n) is 11.4. The molecular formula is C53H54N2. The van der Waals surface area contributed by atoms with Crippen molar-refractivity contribution in [3.63, 3.8) is 0 Å². The lowest BCUT2D eigenvalue weighted by Crippen LogP contribution is -2.24. The Balaban J connectivity index is 0.000000370. The summed E-state index contributed by atoms with van der Waals surface area (Å²) in [6.45, 7) is 17.4. The summed E-state index contributed by atoms with van der Waals surface area (Å²) >= 11 is 0. The van der Waals surface area contributed by atoms with Gasteiger partial charge in [-0.15, -0.1) is 0 Å². The van der Waals surface area contributed by atoms with Crippen molar-refractivity contribution in [3.8, 4) is 16.8 Å². The van der Waals surface area contributed by atoms with Crippen molar-refractivity contribution >= 4 is 27.5 Å². The van der Waals surface area contributed by atoms with E-state index in [1.807, 2.05) is 26.0 Å². The first-order valence-electron chi connectivity index (χ1n) is 20.0. The van der Waals surface area contributed by atoms with Crippen LogP contribution in [-0.4, -0.2) is 4.57 Å². The smallest absolute Gasteiger partial charge is 0.0547 e. The number of rotatable bonds is 7. The molecule has 0 saturated heterocycles. The van der Waals surface area contributed by atoms with Gasteiger partial charge in [-0.05, 0) is 102 Å². The standard InChI is InChI=1S/C42H36N2.C9H12.C2H6/c1-28(30-15-6-4-7-16-30)43-29(2)31-17-14-20-33(25-31)44-40-24-13-11-22-35(40)37-26-39-36(27-41(37)44)34-21-10-12-23-38(34)42(39,3)32-18-8-5-9-19-32;1-8(2)9-6-4-3-5-7-9;1-2/h4-8,10-18,20-27,29,43H,1,9,19H2,2-3H3;3-8H,1-2H3;1-2H3. The van der Waals surface area contributed by atoms with Crippen LogP contribution in [0.25, 0.3) is 44.3 Å². The van der Waals surface area contributed by atoms with Crippen LogP contribution in [0.5, 0.6) is 0 Å². The molecule has 1 aromatic heterocycles. The fourth-order valence-corrected chi connectivity index (χ4v) is 8.43. The number of nitrogens with one attached hydrogen (secondary N) is 1. The largest absolute Gasteiger partial charge is 0.379 e. The van der Waals surface area contributed by atoms with E-state index in [2.05, 4.69) is 196 Å². The zero-order valence-corrected chi connectivity index (χ0v) is 33.3. The molecule has 0 saturated carbocycles. The predicted molar refractivity (Wildman–Crippen MR) is 238 cm³/mol. The Morgan fingerprint density at radius 3 is 2.04 bits per heavy atom. The van der Waals surface area contributed by atoms with E-state index in [0.717, 1.165) is 24.1 Å². The van der Waals surface area contributed by atoms with Crippen LogP contribution in [0.15, 0.2) is 176 Å². The quantitative estimate of drug-likeness (QED) is 0.174. The molecule has 2 aliphatic rings. The van der Waals surface area contributed by atoms with Gasteiger partial charge in [-0.2, -0.15) is 0 Å². The van der Waals surface area contributed by atoms with E-state index in [0.29, 0.717) is 5.92 Å². The second-order valence-corrected chi connectivity index (χ2v) is 15.0. The minimum atomic E-state index is -0.143. The normalized spacial score (nSPS) is 15.9. The van der Waals surface area contributed by atoms with Crippen LogP contribution in [0, 0.1) is 0 Å². The molecule has 0 radical (unpaired) electrons. The third-order valence-corrected chi connectivity index (χ3v) is 11.4. The van der Waals surface area contributed by atoms with Crippen LogP contribution >= 0.6 is 0 Å². The molecule has 55 heavy (non-hydrogen) atoms. The molecule has 6 aromatic carbocycles. The summed E-state index contributed by atoms with van der Waals surface area (Å²) in [6, 6.07) is 52.8. The van der Waals surface area contributed by atoms with Gasteiger partial charge in [0.05, 0.1) is 11.0 Å². The van der Waals surface area contributed by atoms with Crippen LogP contribution in [0.3, 0.4) is 0 Å². The van der Waals surface area contributed by atoms with E-state index in [9.17, 15) is 0 Å². The minimum absolute atomic E-state index is 0.102. The van der Waals surface area contributed by atoms with Crippen molar-refractivity contribution in [3.05, 3.63) is 204 Å². The highest BCUT2D eigenvalue weighted by Gasteiger charge is 2.42. The highest BCUT2D eigenvalue weighted by atomic mass is 15.0. The molecule has 1 heterocycles. The van der Waals surface area contributed by atoms with Crippen LogP contribution in [0.4, 0.5) is 0 Å². The fraction of sp³-hybridized carbons (Fsp3) is 0.208. The number of hydrogen-bond acceptors (Lipinski definition) is 1. The van der Waals surface area contributed by atoms with Crippen molar-refractivity contribution < 1.29 is 0 Å². The maximum atomic E-state index is 4.32. The first-order chi connectivity index (χ1) is 26.8. The van der Waals surface area contributed by atoms with E-state index >= 15 is 0 Å². The Bertz CT molecular complexity index is 2500. The first kappa shape index (κ1) is 37.5. The van der Waals surface area contributed by atoms with Gasteiger partial charge in [0.1, 0.15) is 0 Å². The molecule has 0 fully saturated rings. The summed E-state index contributed by atoms with van der Waals surface area (Å²) in [5, 5.41) is 6.22. The van der Waals surface area contributed by atoms with Gasteiger partial charge in [0, 0.05) is 33.6 Å². The monoisotopic (exact) mass is 718 g/mol. The molecule has 276 valence electrons. The Labute approximate surface area is 328 Å². The SMILES string of the molecule is C=C(NC(C)c1cccc(-n2c3ccccc3c3cc4c(cc32)-c2ccccc2C4(C)C2=CC=CCC2)c1)c1ccccc1.CC.CC(C)c1ccccc1. The van der Waals surface area contributed by atoms with Crippen molar-refractivity contribution in [1.29, 1.82) is 0 Å². The predicted octanol–water partition coefficient (Wildman–Crippen LogP) is 14.5. The minimum Gasteiger partial charge on any atom is -0.379 e. The molecule has 2 atom stereocenters. The van der Waals surface area contributed by atoms with Crippen molar-refractivity contribution in [2.24, 2.45) is 0 Å². The maximum Gasteiger partial charge on any atom is 0.0547 e. The second-order valence-electron chi connectivity index (χ2n) is 15.0. The maximum absolute atomic E-state index is 4.32. The molecule has 7 aromatic rings. The third kappa shape index (κ3) is 7.10. The molecule has 2 nitrogen and oxygen atoms in total. The lowest BCUT2D eigenvalue weighted by Gasteiger charge is -2.32. The average molecular weight is 719 g/mol. The van der Waals surface area contributed by atoms with Gasteiger partial charge in [0.15, 0.2) is 0 Å². The summed E-state index contributed by atoms with van der Waals surface area (Å²) in [5.41, 5.74) is 15.2. The van der Waals surface area contributed by atoms with Gasteiger partial charge in [-0.3, -0.25) is 0 Å². The average Bonchev–Trinajstić information content (AvgIpc) is 3.71. The van der Waals surface area contributed by atoms with Gasteiger partial charge in [-0.1, -0.05) is 173 Å². The number of hydrogen-bond donors (Lipinski definition) is 1. The zero-order chi connectivity index (χ0) is 38.5. The molecule has 1 N–H and O–H groups in total. The van der Waals surface area contributed by atoms with E-state index in [-0.39, 0.29) is 11.5 Å². The summed E-state index contributed by atoms with van der Waals surface area (Å²) in [7, 11) is 0. The van der Waals surface area contributed by atoms with E-state index < -0.39 is 0 Å². The molecule has 2 heteroatoms. The van der Waals surface area contributed by atoms with E-state index in [1.54, 1.807) is 0 Å². The van der Waals surface area contributed by atoms with Gasteiger partial charge in [-0.25, -0.2) is 0 Å². The van der Waals surface area contributed by atoms with Gasteiger partial charge < -0.3 is 9.88 Å². The molecule has 0 bridgehead atoms. The van der Waals surface area contributed by atoms with E-state index in [1.165, 1.54) is 66.4 Å². The molecule has 2 unspecified atom stereocenters. The molecule has 2 aliphatic carbocycles. The number of benzene rings is 6. The molecule has 0 amide bonds. The molecule has 9 rings (SSSR count). The number of aromatic nitrogens is 1. The van der Waals surface area contributed by atoms with Gasteiger partial charge in [0.2, 0.25) is 0 Å². The topological polar surface area (TPSA) is 17.0 Å². The Morgan fingerprint density at radius 2 is 1.33 bits per heavy atom. The lowest BCUT2D eigenvalue weighted by molar-refractivity contribution is 0.650. The summed E-state index contributed by atoms with van der Waals surface area (Å²) in [4.78, 5) is 0. The lowest BCUT2D eigenvalue weighted by atomic mass is 9.71. The number of fused-ring (bicyclic) bond motifs is 6. The summed E-state index contributed by atoms with van der Waals surface area (Å²) in [6.07, 6.45) is 9.08. The molecular weight excluding hydrogens is 665 g/mol. The van der Waals surface area contributed by atoms with Crippen molar-refractivity contribution in [2.75, 3.05) is 0 Å². The van der Waals surface area contributed by atoms with Gasteiger partial charge >= 0.3 is 0 Å². The van der Waals surface area contributed by atoms with Crippen LogP contribution in [0.2, 0.25) is 0 Å². The zero-order valence-electron chi connectivity index (χ0n) is 33.3. The number of para-hydroxylation sites is 1. The van der Waals surface area contributed by atoms with Crippen molar-refractivity contribution in [2.45, 2.75) is 71.8 Å². The molecule has 0 aliphatic heterocycles. The Hall–Kier alpha value is -5.86. The Morgan fingerprint density at radius 1 is 0.655 bits per heavy atom. The second kappa shape index (κ2) is 16.2. The highest BCUT2D eigenvalue weighted by molar-refractivity contribution is 6.11. The Kier molecular flexibility index (Phi) is 11.1. The fourth-order valence-electron chi connectivity index (χ4n) is 8.43. The molecule has 0 spiro atoms. The van der Waals surface area contributed by atoms with Gasteiger partial charge in [0.25, 0.3) is 0 Å². The van der Waals surface area contributed by atoms with E-state index in [4.69, 9.17) is 0 Å². The first-order valence-corrected chi connectivity index (χ1v) is 20.0. The van der Waals surface area contributed by atoms with Crippen LogP contribution in [0.1, 0.15) is 94.2 Å². The van der Waals surface area contributed by atoms with Crippen molar-refractivity contribution in [1.82, 2.24) is 9.88 Å².